The molecule has 0 unspecified atom stereocenters. The first-order chi connectivity index (χ1) is 15.0. The first-order valence-electron chi connectivity index (χ1n) is 8.66. The van der Waals surface area contributed by atoms with Gasteiger partial charge in [-0.25, -0.2) is 0 Å². The smallest absolute Gasteiger partial charge is 0.115 e. The summed E-state index contributed by atoms with van der Waals surface area (Å²) in [5.41, 5.74) is 0. The van der Waals surface area contributed by atoms with Crippen molar-refractivity contribution in [1.82, 2.24) is 104 Å². The molecule has 51 N–H and O–H groups in total. The predicted octanol–water partition coefficient (Wildman–Crippen LogP) is 4.66. The zero-order chi connectivity index (χ0) is 30.0. The van der Waals surface area contributed by atoms with Crippen molar-refractivity contribution in [2.75, 3.05) is 0 Å². The summed E-state index contributed by atoms with van der Waals surface area (Å²) in [4.78, 5) is 0. The van der Waals surface area contributed by atoms with Crippen molar-refractivity contribution in [3.05, 3.63) is 0 Å². The van der Waals surface area contributed by atoms with Crippen LogP contribution in [0.5, 0.6) is 0 Å². The quantitative estimate of drug-likeness (QED) is 0.277. The van der Waals surface area contributed by atoms with Gasteiger partial charge >= 0.3 is 0 Å². The highest BCUT2D eigenvalue weighted by Crippen LogP contribution is 0.146. The molecule has 0 saturated heterocycles. The topological polar surface area (TPSA) is 595 Å². The van der Waals surface area contributed by atoms with Gasteiger partial charge in [-0.2, -0.15) is 0 Å². The van der Waals surface area contributed by atoms with Crippen molar-refractivity contribution in [2.24, 2.45) is 0 Å². The average molecular weight is 365 g/mol. The largest absolute Gasteiger partial charge is 0.344 e. The number of rotatable bonds is 0. The summed E-state index contributed by atoms with van der Waals surface area (Å²) in [7, 11) is 0. The summed E-state index contributed by atoms with van der Waals surface area (Å²) in [6.45, 7) is 0. The van der Waals surface area contributed by atoms with Crippen molar-refractivity contribution < 1.29 is 21.2 Å². The van der Waals surface area contributed by atoms with E-state index in [0.717, 1.165) is 0 Å². The third-order valence-electron chi connectivity index (χ3n) is 0. The summed E-state index contributed by atoms with van der Waals surface area (Å²) < 4.78 is 78.8. The molecule has 17 heteroatoms. The van der Waals surface area contributed by atoms with E-state index in [1.54, 1.807) is 0 Å². The Morgan fingerprint density at radius 2 is 0.300 bits per heavy atom. The Morgan fingerprint density at radius 3 is 0.300 bits per heavy atom. The Bertz CT molecular complexity index is 46.7. The molecule has 0 amide bonds. The van der Waals surface area contributed by atoms with E-state index in [0.29, 0.717) is 0 Å². The van der Waals surface area contributed by atoms with Gasteiger partial charge in [0.15, 0.2) is 0 Å². The predicted molar refractivity (Wildman–Crippen MR) is 106 cm³/mol. The Balaban J connectivity index is -0.00000000379. The van der Waals surface area contributed by atoms with Crippen LogP contribution in [0.3, 0.4) is 0 Å². The third kappa shape index (κ3) is 9980. The van der Waals surface area contributed by atoms with Crippen LogP contribution in [0, 0.1) is 0 Å². The highest BCUT2D eigenvalue weighted by atomic mass is 14.0. The SMILES string of the molecule is C.C.C.N.N.[2H]N.[2H]N.[2H]N.[3H]N.[3H]N.[3H]N.[3H]N.[3H]N.[3H]N.[3H]N.[3H]N.[3H]N.[3H]N.[3H]N.[3H]N. The maximum absolute atomic E-state index is 5.25. The van der Waals surface area contributed by atoms with Crippen LogP contribution in [0.1, 0.15) is 22.3 Å². The fourth-order valence-corrected chi connectivity index (χ4v) is 0. The van der Waals surface area contributed by atoms with Gasteiger partial charge in [0.25, 0.3) is 0 Å². The van der Waals surface area contributed by atoms with Gasteiger partial charge in [-0.05, 0) is 0 Å². The number of hydrogen-bond acceptors (Lipinski definition) is 17. The minimum Gasteiger partial charge on any atom is -0.344 e. The highest BCUT2D eigenvalue weighted by molar-refractivity contribution is 2.51. The zero-order valence-electron chi connectivity index (χ0n) is 25.1. The van der Waals surface area contributed by atoms with E-state index in [2.05, 4.69) is 92.2 Å². The Morgan fingerprint density at radius 1 is 0.300 bits per heavy atom. The Hall–Kier alpha value is -0.680. The molecule has 0 saturated carbocycles. The van der Waals surface area contributed by atoms with Crippen molar-refractivity contribution in [2.45, 2.75) is 22.3 Å². The van der Waals surface area contributed by atoms with E-state index in [1.807, 2.05) is 0 Å². The molecule has 0 aromatic carbocycles. The maximum Gasteiger partial charge on any atom is 0.115 e. The van der Waals surface area contributed by atoms with Crippen LogP contribution in [0.4, 0.5) is 0 Å². The lowest BCUT2D eigenvalue weighted by atomic mass is 12.0. The van der Waals surface area contributed by atoms with Crippen LogP contribution in [-0.2, 0) is 0 Å². The molecular weight excluding hydrogens is 274 g/mol. The van der Waals surface area contributed by atoms with Crippen LogP contribution >= 0.6 is 0 Å². The second kappa shape index (κ2) is 11900. The zero-order valence-corrected chi connectivity index (χ0v) is 10.1. The van der Waals surface area contributed by atoms with E-state index >= 15 is 0 Å². The molecule has 0 rings (SSSR count). The molecule has 160 valence electrons. The summed E-state index contributed by atoms with van der Waals surface area (Å²) in [6.07, 6.45) is 56.2. The van der Waals surface area contributed by atoms with Gasteiger partial charge in [0, 0.05) is 0 Å². The Labute approximate surface area is 150 Å². The number of hydrogen-bond donors (Lipinski definition) is 17. The van der Waals surface area contributed by atoms with Crippen molar-refractivity contribution in [1.29, 1.82) is 0 Å². The van der Waals surface area contributed by atoms with Crippen molar-refractivity contribution in [3.63, 3.8) is 0 Å². The van der Waals surface area contributed by atoms with E-state index < -0.39 is 0 Å². The van der Waals surface area contributed by atoms with Gasteiger partial charge in [0.05, 0.1) is 0 Å². The van der Waals surface area contributed by atoms with Crippen LogP contribution in [-0.4, -0.2) is 0 Å². The monoisotopic (exact) mass is 365 g/mol. The maximum atomic E-state index is 5.25. The van der Waals surface area contributed by atoms with Gasteiger partial charge in [-0.3, -0.25) is 0 Å². The van der Waals surface area contributed by atoms with E-state index in [1.165, 1.54) is 0 Å². The first kappa shape index (κ1) is 31.6. The molecule has 0 aromatic rings. The van der Waals surface area contributed by atoms with E-state index in [4.69, 9.17) is 21.2 Å². The fourth-order valence-electron chi connectivity index (χ4n) is 0. The minimum absolute atomic E-state index is 0. The lowest BCUT2D eigenvalue weighted by Gasteiger charge is -0.345. The van der Waals surface area contributed by atoms with Crippen LogP contribution < -0.4 is 104 Å². The second-order valence-electron chi connectivity index (χ2n) is 0. The summed E-state index contributed by atoms with van der Waals surface area (Å²) in [6, 6.07) is 0. The molecule has 0 aromatic heterocycles. The van der Waals surface area contributed by atoms with Gasteiger partial charge in [0.1, 0.15) is 21.2 Å². The summed E-state index contributed by atoms with van der Waals surface area (Å²) >= 11 is 0. The van der Waals surface area contributed by atoms with E-state index in [-0.39, 0.29) is 34.6 Å². The minimum atomic E-state index is 0. The van der Waals surface area contributed by atoms with Gasteiger partial charge in [0.2, 0.25) is 0 Å². The molecule has 20 heavy (non-hydrogen) atoms. The molecule has 0 spiro atoms. The normalized spacial score (nSPS) is 5.25. The molecule has 0 atom stereocenters. The fraction of sp³-hybridized carbons (Fsp3) is 1.00. The summed E-state index contributed by atoms with van der Waals surface area (Å²) in [5, 5.41) is 0. The van der Waals surface area contributed by atoms with E-state index in [9.17, 15) is 0 Å². The lowest BCUT2D eigenvalue weighted by molar-refractivity contribution is 2.13. The van der Waals surface area contributed by atoms with Crippen LogP contribution in [0.25, 0.3) is 0 Å². The average Bonchev–Trinajstić information content (AvgIpc) is 3.00. The van der Waals surface area contributed by atoms with Crippen molar-refractivity contribution >= 4 is 0 Å². The van der Waals surface area contributed by atoms with Crippen LogP contribution in [0.15, 0.2) is 0 Å². The molecule has 17 nitrogen and oxygen atoms in total. The van der Waals surface area contributed by atoms with Crippen molar-refractivity contribution in [3.8, 4) is 0 Å². The molecular formula is C3H63N17. The standard InChI is InChI=1S/3CH4.17H3N/h3*1H4;17*1H3/i/hT12D3. The molecule has 0 radical (unpaired) electrons. The molecule has 0 aliphatic heterocycles. The van der Waals surface area contributed by atoms with Gasteiger partial charge < -0.3 is 104 Å². The first-order valence-corrected chi connectivity index (χ1v) is 0. The molecule has 0 aliphatic rings. The third-order valence-corrected chi connectivity index (χ3v) is 0. The highest BCUT2D eigenvalue weighted by Gasteiger charge is -0.0754. The molecule has 0 fully saturated rings. The summed E-state index contributed by atoms with van der Waals surface area (Å²) in [5.74, 6) is 0. The lowest BCUT2D eigenvalue weighted by Crippen LogP contribution is -0.482. The van der Waals surface area contributed by atoms with Gasteiger partial charge in [-0.15, -0.1) is 0 Å². The molecule has 0 heterocycles. The van der Waals surface area contributed by atoms with Gasteiger partial charge in [-0.1, -0.05) is 22.3 Å². The molecule has 0 aliphatic carbocycles. The second-order valence-corrected chi connectivity index (χ2v) is 0. The molecule has 0 bridgehead atoms. The Kier molecular flexibility index (Phi) is 18800. The van der Waals surface area contributed by atoms with Crippen LogP contribution in [0.2, 0.25) is 21.2 Å².